The zero-order valence-corrected chi connectivity index (χ0v) is 7.92. The van der Waals surface area contributed by atoms with Crippen molar-refractivity contribution in [2.75, 3.05) is 0 Å². The molecule has 0 aromatic carbocycles. The Morgan fingerprint density at radius 1 is 1.00 bits per heavy atom. The van der Waals surface area contributed by atoms with E-state index in [1.807, 2.05) is 0 Å². The van der Waals surface area contributed by atoms with Crippen LogP contribution in [-0.2, 0) is 23.5 Å². The standard InChI is InChI=1S/ClHO.3ClH.2O.V/c1-2;;;;;;/h2H;3*1H;;;. The van der Waals surface area contributed by atoms with Crippen LogP contribution in [0.3, 0.4) is 0 Å². The fourth-order valence-electron chi connectivity index (χ4n) is 0. The third-order valence-corrected chi connectivity index (χ3v) is 0. The summed E-state index contributed by atoms with van der Waals surface area (Å²) in [5.74, 6) is 0. The van der Waals surface area contributed by atoms with Crippen LogP contribution in [0.25, 0.3) is 0 Å². The van der Waals surface area contributed by atoms with E-state index in [1.165, 1.54) is 0 Å². The van der Waals surface area contributed by atoms with Gasteiger partial charge in [-0.15, -0.1) is 37.2 Å². The van der Waals surface area contributed by atoms with Gasteiger partial charge in [0.25, 0.3) is 0 Å². The van der Waals surface area contributed by atoms with Crippen LogP contribution in [0.1, 0.15) is 0 Å². The van der Waals surface area contributed by atoms with Crippen molar-refractivity contribution in [2.45, 2.75) is 0 Å². The van der Waals surface area contributed by atoms with Crippen molar-refractivity contribution in [1.82, 2.24) is 0 Å². The summed E-state index contributed by atoms with van der Waals surface area (Å²) < 4.78 is 23.4. The van der Waals surface area contributed by atoms with E-state index in [9.17, 15) is 0 Å². The van der Waals surface area contributed by atoms with E-state index in [0.717, 1.165) is 0 Å². The molecule has 0 unspecified atom stereocenters. The van der Waals surface area contributed by atoms with Crippen molar-refractivity contribution in [1.29, 1.82) is 0 Å². The first kappa shape index (κ1) is 34.6. The van der Waals surface area contributed by atoms with Crippen LogP contribution in [0.15, 0.2) is 0 Å². The molecule has 0 spiro atoms. The van der Waals surface area contributed by atoms with E-state index >= 15 is 0 Å². The van der Waals surface area contributed by atoms with E-state index in [1.54, 1.807) is 0 Å². The summed E-state index contributed by atoms with van der Waals surface area (Å²) in [5, 5.41) is 0. The topological polar surface area (TPSA) is 54.4 Å². The van der Waals surface area contributed by atoms with Crippen LogP contribution in [0.2, 0.25) is 0 Å². The van der Waals surface area contributed by atoms with Gasteiger partial charge in [0.15, 0.2) is 0 Å². The minimum atomic E-state index is -1.81. The van der Waals surface area contributed by atoms with Crippen LogP contribution in [0.5, 0.6) is 0 Å². The molecular formula is H4Cl4O3V. The molecule has 0 heterocycles. The average Bonchev–Trinajstić information content (AvgIpc) is 1.46. The van der Waals surface area contributed by atoms with Gasteiger partial charge in [0.1, 0.15) is 0 Å². The fraction of sp³-hybridized carbons (Fsp3) is 0. The Bertz CT molecular complexity index is 32.3. The normalized spacial score (nSPS) is 1.75. The molecule has 3 nitrogen and oxygen atoms in total. The predicted molar refractivity (Wildman–Crippen MR) is 31.2 cm³/mol. The van der Waals surface area contributed by atoms with Crippen LogP contribution in [-0.4, -0.2) is 4.66 Å². The quantitative estimate of drug-likeness (QED) is 0.696. The summed E-state index contributed by atoms with van der Waals surface area (Å²) in [6.07, 6.45) is 0. The maximum atomic E-state index is 8.47. The summed E-state index contributed by atoms with van der Waals surface area (Å²) in [5.41, 5.74) is 0. The van der Waals surface area contributed by atoms with Gasteiger partial charge in [0.2, 0.25) is 0 Å². The molecule has 55 valence electrons. The molecule has 0 aliphatic heterocycles. The number of hydrogen-bond donors (Lipinski definition) is 1. The Morgan fingerprint density at radius 3 is 1.00 bits per heavy atom. The Morgan fingerprint density at radius 2 is 1.00 bits per heavy atom. The van der Waals surface area contributed by atoms with Crippen molar-refractivity contribution in [3.63, 3.8) is 0 Å². The van der Waals surface area contributed by atoms with Crippen molar-refractivity contribution in [2.24, 2.45) is 0 Å². The van der Waals surface area contributed by atoms with Crippen LogP contribution in [0.4, 0.5) is 0 Å². The second-order valence-corrected chi connectivity index (χ2v) is 0.307. The van der Waals surface area contributed by atoms with Gasteiger partial charge in [-0.05, 0) is 0 Å². The Hall–Kier alpha value is 1.30. The zero-order chi connectivity index (χ0) is 4.71. The Kier molecular flexibility index (Phi) is 361. The molecule has 0 rings (SSSR count). The summed E-state index contributed by atoms with van der Waals surface area (Å²) in [6.45, 7) is 0. The molecule has 0 saturated carbocycles. The first-order chi connectivity index (χ1) is 2.41. The number of hydrogen-bond acceptors (Lipinski definition) is 3. The molecule has 0 amide bonds. The monoisotopic (exact) mass is 243 g/mol. The molecular weight excluding hydrogens is 241 g/mol. The Balaban J connectivity index is -0.00000000567. The van der Waals surface area contributed by atoms with Crippen LogP contribution < -0.4 is 0 Å². The molecule has 0 fully saturated rings. The van der Waals surface area contributed by atoms with Gasteiger partial charge in [-0.2, -0.15) is 0 Å². The predicted octanol–water partition coefficient (Wildman–Crippen LogP) is 1.16. The van der Waals surface area contributed by atoms with Gasteiger partial charge in [-0.25, -0.2) is 0 Å². The molecule has 0 radical (unpaired) electrons. The molecule has 0 aromatic heterocycles. The SMILES string of the molecule is Cl.Cl.Cl.OCl.[O]=[V]=[O]. The van der Waals surface area contributed by atoms with Crippen LogP contribution >= 0.6 is 49.1 Å². The maximum absolute atomic E-state index is 8.47. The molecule has 0 bridgehead atoms. The Labute approximate surface area is 77.1 Å². The molecule has 1 N–H and O–H groups in total. The summed E-state index contributed by atoms with van der Waals surface area (Å²) >= 11 is 1.83. The van der Waals surface area contributed by atoms with Crippen molar-refractivity contribution in [3.8, 4) is 0 Å². The summed E-state index contributed by atoms with van der Waals surface area (Å²) in [7, 11) is 0. The van der Waals surface area contributed by atoms with Gasteiger partial charge in [0, 0.05) is 0 Å². The fourth-order valence-corrected chi connectivity index (χ4v) is 0. The molecule has 0 aliphatic carbocycles. The minimum absolute atomic E-state index is 0. The third kappa shape index (κ3) is 171. The third-order valence-electron chi connectivity index (χ3n) is 0. The second kappa shape index (κ2) is 83.4. The van der Waals surface area contributed by atoms with Gasteiger partial charge in [-0.1, -0.05) is 0 Å². The zero-order valence-electron chi connectivity index (χ0n) is 3.31. The van der Waals surface area contributed by atoms with Gasteiger partial charge in [0.05, 0.1) is 11.9 Å². The second-order valence-electron chi connectivity index (χ2n) is 0.0745. The van der Waals surface area contributed by atoms with E-state index in [0.29, 0.717) is 0 Å². The molecule has 0 atom stereocenters. The first-order valence-electron chi connectivity index (χ1n) is 0.534. The summed E-state index contributed by atoms with van der Waals surface area (Å²) in [4.78, 5) is 0. The first-order valence-corrected chi connectivity index (χ1v) is 2.01. The van der Waals surface area contributed by atoms with Crippen LogP contribution in [0, 0.1) is 0 Å². The van der Waals surface area contributed by atoms with Gasteiger partial charge >= 0.3 is 23.5 Å². The van der Waals surface area contributed by atoms with Crippen molar-refractivity contribution < 1.29 is 28.2 Å². The van der Waals surface area contributed by atoms with E-state index < -0.39 is 16.2 Å². The summed E-state index contributed by atoms with van der Waals surface area (Å²) in [6, 6.07) is 0. The molecule has 8 heteroatoms. The van der Waals surface area contributed by atoms with E-state index in [2.05, 4.69) is 11.9 Å². The number of halogens is 4. The molecule has 8 heavy (non-hydrogen) atoms. The molecule has 0 saturated heterocycles. The van der Waals surface area contributed by atoms with Gasteiger partial charge in [-0.3, -0.25) is 4.66 Å². The molecule has 0 aromatic rings. The van der Waals surface area contributed by atoms with Crippen molar-refractivity contribution >= 4 is 49.1 Å². The molecule has 0 aliphatic rings. The van der Waals surface area contributed by atoms with Gasteiger partial charge < -0.3 is 0 Å². The van der Waals surface area contributed by atoms with E-state index in [4.69, 9.17) is 12.0 Å². The average molecular weight is 245 g/mol. The van der Waals surface area contributed by atoms with E-state index in [-0.39, 0.29) is 37.2 Å². The number of rotatable bonds is 0. The van der Waals surface area contributed by atoms with Crippen molar-refractivity contribution in [3.05, 3.63) is 0 Å².